The highest BCUT2D eigenvalue weighted by molar-refractivity contribution is 7.93. The van der Waals surface area contributed by atoms with Gasteiger partial charge in [-0.15, -0.1) is 0 Å². The van der Waals surface area contributed by atoms with E-state index in [2.05, 4.69) is 25.7 Å². The van der Waals surface area contributed by atoms with Crippen molar-refractivity contribution in [3.8, 4) is 0 Å². The molecule has 0 radical (unpaired) electrons. The molecule has 14 nitrogen and oxygen atoms in total. The van der Waals surface area contributed by atoms with Crippen LogP contribution in [0.4, 0.5) is 0 Å². The lowest BCUT2D eigenvalue weighted by Gasteiger charge is -2.34. The van der Waals surface area contributed by atoms with Crippen LogP contribution in [0.3, 0.4) is 0 Å². The number of morpholine rings is 1. The Bertz CT molecular complexity index is 1610. The van der Waals surface area contributed by atoms with Gasteiger partial charge in [-0.2, -0.15) is 0 Å². The quantitative estimate of drug-likeness (QED) is 0.132. The Labute approximate surface area is 313 Å². The second kappa shape index (κ2) is 18.6. The smallest absolute Gasteiger partial charge is 0.243 e. The summed E-state index contributed by atoms with van der Waals surface area (Å²) < 4.78 is 31.8. The summed E-state index contributed by atoms with van der Waals surface area (Å²) in [6.07, 6.45) is 12.2. The van der Waals surface area contributed by atoms with Gasteiger partial charge in [0.2, 0.25) is 17.7 Å². The van der Waals surface area contributed by atoms with Crippen LogP contribution in [0.25, 0.3) is 5.53 Å². The Morgan fingerprint density at radius 3 is 2.30 bits per heavy atom. The number of aromatic nitrogens is 2. The van der Waals surface area contributed by atoms with Crippen LogP contribution in [0.2, 0.25) is 0 Å². The minimum atomic E-state index is -4.20. The van der Waals surface area contributed by atoms with Gasteiger partial charge in [-0.05, 0) is 50.5 Å². The number of hydrogen-bond donors (Lipinski definition) is 5. The Morgan fingerprint density at radius 2 is 1.68 bits per heavy atom. The number of carbonyl (C=O) groups excluding carboxylic acids is 3. The molecular formula is C38H58N8O6S. The van der Waals surface area contributed by atoms with E-state index in [1.165, 1.54) is 31.5 Å². The molecule has 0 bridgehead atoms. The number of nitrogens with zero attached hydrogens (tertiary/aromatic N) is 3. The number of imidazole rings is 1. The van der Waals surface area contributed by atoms with Gasteiger partial charge < -0.3 is 41.6 Å². The number of H-pyrrole nitrogens is 1. The molecule has 6 N–H and O–H groups in total. The number of carbonyl (C=O) groups is 3. The first kappa shape index (κ1) is 40.5. The highest BCUT2D eigenvalue weighted by Gasteiger charge is 2.46. The summed E-state index contributed by atoms with van der Waals surface area (Å²) in [5.41, 5.74) is 18.4. The molecule has 3 amide bonds. The zero-order chi connectivity index (χ0) is 38.0. The van der Waals surface area contributed by atoms with Crippen LogP contribution in [0.5, 0.6) is 0 Å². The predicted octanol–water partition coefficient (Wildman–Crippen LogP) is 1.40. The normalized spacial score (nSPS) is 20.1. The SMILES string of the molecule is CC(C)(C(=O)N1CCOCC1)S(=O)(=O)C[C@@H](Cc1ccccc1)C(=O)N[C@@H](Cc1cnc[nH]1)C(=O)N[C@@H](CC1CCCCC1)[C@@H]([NH+]=[N-])[C@@H](N)CC1CC1. The van der Waals surface area contributed by atoms with Crippen LogP contribution in [0.15, 0.2) is 42.9 Å². The summed E-state index contributed by atoms with van der Waals surface area (Å²) in [5.74, 6) is -2.50. The highest BCUT2D eigenvalue weighted by Crippen LogP contribution is 2.34. The topological polar surface area (TPSA) is 213 Å². The second-order valence-corrected chi connectivity index (χ2v) is 18.4. The van der Waals surface area contributed by atoms with Gasteiger partial charge in [0, 0.05) is 31.4 Å². The number of rotatable bonds is 19. The largest absolute Gasteiger partial charge is 0.508 e. The molecule has 1 saturated heterocycles. The maximum absolute atomic E-state index is 14.3. The van der Waals surface area contributed by atoms with E-state index in [1.807, 2.05) is 30.3 Å². The zero-order valence-electron chi connectivity index (χ0n) is 31.2. The van der Waals surface area contributed by atoms with E-state index in [9.17, 15) is 28.3 Å². The number of nitrogens with two attached hydrogens (primary N) is 1. The van der Waals surface area contributed by atoms with Crippen LogP contribution in [0.1, 0.15) is 82.9 Å². The molecule has 3 aliphatic rings. The third-order valence-corrected chi connectivity index (χ3v) is 13.9. The first-order valence-electron chi connectivity index (χ1n) is 19.2. The van der Waals surface area contributed by atoms with E-state index < -0.39 is 68.1 Å². The van der Waals surface area contributed by atoms with Crippen LogP contribution in [0, 0.1) is 17.8 Å². The van der Waals surface area contributed by atoms with E-state index in [0.29, 0.717) is 37.2 Å². The molecule has 2 saturated carbocycles. The average Bonchev–Trinajstić information content (AvgIpc) is 3.81. The summed E-state index contributed by atoms with van der Waals surface area (Å²) in [6.45, 7) is 4.00. The number of ether oxygens (including phenoxy) is 1. The Balaban J connectivity index is 1.39. The third-order valence-electron chi connectivity index (χ3n) is 11.3. The van der Waals surface area contributed by atoms with E-state index in [1.54, 1.807) is 6.20 Å². The van der Waals surface area contributed by atoms with Gasteiger partial charge in [-0.1, -0.05) is 75.3 Å². The maximum atomic E-state index is 14.3. The summed E-state index contributed by atoms with van der Waals surface area (Å²) in [7, 11) is -4.20. The molecule has 292 valence electrons. The van der Waals surface area contributed by atoms with Crippen LogP contribution < -0.4 is 21.5 Å². The van der Waals surface area contributed by atoms with Gasteiger partial charge in [0.1, 0.15) is 10.8 Å². The van der Waals surface area contributed by atoms with Gasteiger partial charge in [0.25, 0.3) is 0 Å². The van der Waals surface area contributed by atoms with Gasteiger partial charge >= 0.3 is 0 Å². The molecule has 53 heavy (non-hydrogen) atoms. The first-order chi connectivity index (χ1) is 25.4. The fourth-order valence-corrected chi connectivity index (χ4v) is 9.33. The molecular weight excluding hydrogens is 697 g/mol. The van der Waals surface area contributed by atoms with Crippen molar-refractivity contribution < 1.29 is 32.7 Å². The number of hydrogen-bond acceptors (Lipinski definition) is 8. The zero-order valence-corrected chi connectivity index (χ0v) is 32.0. The van der Waals surface area contributed by atoms with Crippen molar-refractivity contribution in [2.45, 2.75) is 113 Å². The lowest BCUT2D eigenvalue weighted by molar-refractivity contribution is -0.534. The number of amides is 3. The van der Waals surface area contributed by atoms with Crippen molar-refractivity contribution in [3.05, 3.63) is 59.6 Å². The molecule has 2 aliphatic carbocycles. The van der Waals surface area contributed by atoms with Crippen molar-refractivity contribution >= 4 is 27.6 Å². The molecule has 1 aromatic carbocycles. The van der Waals surface area contributed by atoms with Gasteiger partial charge in [-0.25, -0.2) is 13.4 Å². The summed E-state index contributed by atoms with van der Waals surface area (Å²) in [5, 5.41) is 8.47. The van der Waals surface area contributed by atoms with Crippen molar-refractivity contribution in [2.75, 3.05) is 32.1 Å². The van der Waals surface area contributed by atoms with Crippen LogP contribution in [-0.4, -0.2) is 102 Å². The first-order valence-corrected chi connectivity index (χ1v) is 20.9. The van der Waals surface area contributed by atoms with Crippen molar-refractivity contribution in [2.24, 2.45) is 23.5 Å². The average molecular weight is 755 g/mol. The lowest BCUT2D eigenvalue weighted by Crippen LogP contribution is -2.83. The van der Waals surface area contributed by atoms with E-state index in [4.69, 9.17) is 10.5 Å². The molecule has 2 aromatic rings. The maximum Gasteiger partial charge on any atom is 0.243 e. The summed E-state index contributed by atoms with van der Waals surface area (Å²) >= 11 is 0. The summed E-state index contributed by atoms with van der Waals surface area (Å²) in [4.78, 5) is 50.8. The van der Waals surface area contributed by atoms with Crippen LogP contribution in [-0.2, 0) is 41.8 Å². The van der Waals surface area contributed by atoms with Gasteiger partial charge in [0.05, 0.1) is 43.3 Å². The molecule has 3 fully saturated rings. The third kappa shape index (κ3) is 11.2. The molecule has 0 unspecified atom stereocenters. The molecule has 2 heterocycles. The summed E-state index contributed by atoms with van der Waals surface area (Å²) in [6, 6.07) is 6.45. The number of aromatic amines is 1. The highest BCUT2D eigenvalue weighted by atomic mass is 32.2. The number of benzene rings is 1. The lowest BCUT2D eigenvalue weighted by atomic mass is 9.81. The van der Waals surface area contributed by atoms with E-state index in [-0.39, 0.29) is 25.9 Å². The fourth-order valence-electron chi connectivity index (χ4n) is 7.72. The Morgan fingerprint density at radius 1 is 1.00 bits per heavy atom. The molecule has 5 rings (SSSR count). The molecule has 1 aromatic heterocycles. The molecule has 0 spiro atoms. The molecule has 5 atom stereocenters. The molecule has 15 heteroatoms. The van der Waals surface area contributed by atoms with Crippen molar-refractivity contribution in [3.63, 3.8) is 0 Å². The molecule has 1 aliphatic heterocycles. The predicted molar refractivity (Wildman–Crippen MR) is 200 cm³/mol. The minimum Gasteiger partial charge on any atom is -0.508 e. The van der Waals surface area contributed by atoms with E-state index >= 15 is 0 Å². The van der Waals surface area contributed by atoms with Crippen LogP contribution >= 0.6 is 0 Å². The van der Waals surface area contributed by atoms with Crippen molar-refractivity contribution in [1.82, 2.24) is 25.5 Å². The monoisotopic (exact) mass is 754 g/mol. The Kier molecular flexibility index (Phi) is 14.2. The van der Waals surface area contributed by atoms with Gasteiger partial charge in [0.15, 0.2) is 15.9 Å². The minimum absolute atomic E-state index is 0.0604. The standard InChI is InChI=1S/C38H58N8O6S/c1-38(2,37(49)46-15-17-52-18-16-46)53(50,51)24-29(19-26-9-5-3-6-10-26)35(47)44-33(22-30-23-41-25-42-30)36(48)43-32(21-27-11-7-4-8-12-27)34(45-40)31(39)20-28-13-14-28/h3,5-6,9-10,23,25,27-29,31-34,45H,4,7-8,11-22,24,39H2,1-2H3,(H,41,42)(H,43,48)(H,44,47)/t29-,31+,32+,33+,34+/m1/s1. The second-order valence-electron chi connectivity index (χ2n) is 15.8. The van der Waals surface area contributed by atoms with Crippen molar-refractivity contribution in [1.29, 1.82) is 0 Å². The van der Waals surface area contributed by atoms with E-state index in [0.717, 1.165) is 50.5 Å². The Hall–Kier alpha value is -3.69. The number of nitrogens with one attached hydrogen (secondary N) is 4. The fraction of sp³-hybridized carbons (Fsp3) is 0.684. The van der Waals surface area contributed by atoms with Gasteiger partial charge in [-0.3, -0.25) is 14.4 Å². The number of sulfone groups is 1.